The number of pyridine rings is 1. The first-order chi connectivity index (χ1) is 9.11. The average molecular weight is 297 g/mol. The molecule has 1 amide bonds. The van der Waals surface area contributed by atoms with E-state index in [4.69, 9.17) is 11.6 Å². The molecular weight excluding hydrogens is 284 g/mol. The van der Waals surface area contributed by atoms with Gasteiger partial charge < -0.3 is 5.32 Å². The highest BCUT2D eigenvalue weighted by Crippen LogP contribution is 2.22. The van der Waals surface area contributed by atoms with Gasteiger partial charge in [-0.15, -0.1) is 5.10 Å². The van der Waals surface area contributed by atoms with Gasteiger partial charge in [0.05, 0.1) is 11.4 Å². The Labute approximate surface area is 120 Å². The number of aryl methyl sites for hydroxylation is 2. The molecule has 0 saturated carbocycles. The van der Waals surface area contributed by atoms with Crippen molar-refractivity contribution >= 4 is 34.7 Å². The summed E-state index contributed by atoms with van der Waals surface area (Å²) in [5, 5.41) is 6.99. The topological polar surface area (TPSA) is 67.8 Å². The molecule has 1 N–H and O–H groups in total. The minimum absolute atomic E-state index is 0.243. The van der Waals surface area contributed by atoms with Crippen molar-refractivity contribution in [1.29, 1.82) is 0 Å². The molecule has 100 valence electrons. The molecule has 5 nitrogen and oxygen atoms in total. The molecule has 0 fully saturated rings. The van der Waals surface area contributed by atoms with Gasteiger partial charge in [-0.25, -0.2) is 4.98 Å². The van der Waals surface area contributed by atoms with Crippen LogP contribution in [0.15, 0.2) is 12.3 Å². The first-order valence-electron chi connectivity index (χ1n) is 5.86. The number of amides is 1. The van der Waals surface area contributed by atoms with Crippen LogP contribution in [0.5, 0.6) is 0 Å². The molecule has 0 aliphatic rings. The first kappa shape index (κ1) is 13.9. The van der Waals surface area contributed by atoms with Crippen LogP contribution in [0.4, 0.5) is 5.69 Å². The zero-order chi connectivity index (χ0) is 13.8. The smallest absolute Gasteiger partial charge is 0.269 e. The van der Waals surface area contributed by atoms with E-state index in [9.17, 15) is 4.79 Å². The van der Waals surface area contributed by atoms with Gasteiger partial charge in [-0.05, 0) is 36.5 Å². The molecule has 2 aromatic rings. The Morgan fingerprint density at radius 3 is 3.05 bits per heavy atom. The lowest BCUT2D eigenvalue weighted by Crippen LogP contribution is -2.13. The third-order valence-corrected chi connectivity index (χ3v) is 3.54. The number of nitrogens with zero attached hydrogens (tertiary/aromatic N) is 3. The molecule has 0 atom stereocenters. The fourth-order valence-corrected chi connectivity index (χ4v) is 2.35. The monoisotopic (exact) mass is 296 g/mol. The van der Waals surface area contributed by atoms with Crippen molar-refractivity contribution in [3.8, 4) is 0 Å². The van der Waals surface area contributed by atoms with Crippen molar-refractivity contribution in [2.45, 2.75) is 26.7 Å². The number of rotatable bonds is 4. The number of hydrogen-bond acceptors (Lipinski definition) is 5. The second kappa shape index (κ2) is 6.08. The van der Waals surface area contributed by atoms with E-state index < -0.39 is 0 Å². The maximum Gasteiger partial charge on any atom is 0.269 e. The molecule has 0 aromatic carbocycles. The van der Waals surface area contributed by atoms with Crippen molar-refractivity contribution in [3.63, 3.8) is 0 Å². The second-order valence-corrected chi connectivity index (χ2v) is 5.22. The first-order valence-corrected chi connectivity index (χ1v) is 7.01. The standard InChI is InChI=1S/C12H13ClN4OS/c1-3-4-8-10(19-17-16-8)12(18)15-9-5-7(2)6-14-11(9)13/h5-6H,3-4H2,1-2H3,(H,15,18). The zero-order valence-electron chi connectivity index (χ0n) is 10.6. The van der Waals surface area contributed by atoms with Crippen LogP contribution in [-0.4, -0.2) is 20.5 Å². The number of hydrogen-bond donors (Lipinski definition) is 1. The van der Waals surface area contributed by atoms with Crippen LogP contribution in [0.2, 0.25) is 5.15 Å². The molecule has 19 heavy (non-hydrogen) atoms. The molecule has 0 spiro atoms. The van der Waals surface area contributed by atoms with Gasteiger partial charge in [0, 0.05) is 6.20 Å². The van der Waals surface area contributed by atoms with E-state index in [1.54, 1.807) is 12.3 Å². The number of aromatic nitrogens is 3. The Hall–Kier alpha value is -1.53. The van der Waals surface area contributed by atoms with Crippen molar-refractivity contribution in [2.24, 2.45) is 0 Å². The van der Waals surface area contributed by atoms with Gasteiger partial charge in [-0.3, -0.25) is 4.79 Å². The third kappa shape index (κ3) is 3.27. The van der Waals surface area contributed by atoms with Gasteiger partial charge in [0.25, 0.3) is 5.91 Å². The molecule has 0 radical (unpaired) electrons. The normalized spacial score (nSPS) is 10.5. The lowest BCUT2D eigenvalue weighted by atomic mass is 10.2. The van der Waals surface area contributed by atoms with Crippen molar-refractivity contribution in [3.05, 3.63) is 33.6 Å². The molecule has 0 aliphatic carbocycles. The van der Waals surface area contributed by atoms with Gasteiger partial charge in [0.2, 0.25) is 0 Å². The number of anilines is 1. The molecule has 0 bridgehead atoms. The summed E-state index contributed by atoms with van der Waals surface area (Å²) >= 11 is 7.04. The summed E-state index contributed by atoms with van der Waals surface area (Å²) in [7, 11) is 0. The predicted octanol–water partition coefficient (Wildman–Crippen LogP) is 3.10. The van der Waals surface area contributed by atoms with Gasteiger partial charge >= 0.3 is 0 Å². The maximum absolute atomic E-state index is 12.2. The Bertz CT molecular complexity index is 599. The highest BCUT2D eigenvalue weighted by molar-refractivity contribution is 7.08. The molecule has 2 heterocycles. The molecule has 2 aromatic heterocycles. The van der Waals surface area contributed by atoms with Gasteiger partial charge in [-0.1, -0.05) is 29.4 Å². The van der Waals surface area contributed by atoms with E-state index in [2.05, 4.69) is 19.9 Å². The molecule has 0 saturated heterocycles. The highest BCUT2D eigenvalue weighted by atomic mass is 35.5. The van der Waals surface area contributed by atoms with Crippen LogP contribution in [0.1, 0.15) is 34.3 Å². The summed E-state index contributed by atoms with van der Waals surface area (Å²) in [6, 6.07) is 1.78. The number of halogens is 1. The Morgan fingerprint density at radius 1 is 1.53 bits per heavy atom. The van der Waals surface area contributed by atoms with Crippen LogP contribution in [0.25, 0.3) is 0 Å². The summed E-state index contributed by atoms with van der Waals surface area (Å²) in [5.74, 6) is -0.243. The number of nitrogens with one attached hydrogen (secondary N) is 1. The minimum atomic E-state index is -0.243. The second-order valence-electron chi connectivity index (χ2n) is 4.10. The number of carbonyl (C=O) groups is 1. The fraction of sp³-hybridized carbons (Fsp3) is 0.333. The lowest BCUT2D eigenvalue weighted by molar-refractivity contribution is 0.102. The van der Waals surface area contributed by atoms with Crippen molar-refractivity contribution < 1.29 is 4.79 Å². The average Bonchev–Trinajstić information content (AvgIpc) is 2.82. The van der Waals surface area contributed by atoms with Gasteiger partial charge in [-0.2, -0.15) is 0 Å². The molecular formula is C12H13ClN4OS. The number of carbonyl (C=O) groups excluding carboxylic acids is 1. The van der Waals surface area contributed by atoms with E-state index in [0.29, 0.717) is 10.6 Å². The van der Waals surface area contributed by atoms with E-state index in [1.807, 2.05) is 13.8 Å². The Kier molecular flexibility index (Phi) is 4.44. The largest absolute Gasteiger partial charge is 0.319 e. The van der Waals surface area contributed by atoms with Crippen LogP contribution < -0.4 is 5.32 Å². The van der Waals surface area contributed by atoms with Crippen molar-refractivity contribution in [1.82, 2.24) is 14.6 Å². The fourth-order valence-electron chi connectivity index (χ4n) is 1.60. The molecule has 2 rings (SSSR count). The van der Waals surface area contributed by atoms with Crippen LogP contribution in [-0.2, 0) is 6.42 Å². The quantitative estimate of drug-likeness (QED) is 0.880. The summed E-state index contributed by atoms with van der Waals surface area (Å²) in [6.45, 7) is 3.91. The molecule has 0 unspecified atom stereocenters. The van der Waals surface area contributed by atoms with Crippen LogP contribution in [0.3, 0.4) is 0 Å². The summed E-state index contributed by atoms with van der Waals surface area (Å²) in [5.41, 5.74) is 2.15. The van der Waals surface area contributed by atoms with Crippen molar-refractivity contribution in [2.75, 3.05) is 5.32 Å². The third-order valence-electron chi connectivity index (χ3n) is 2.47. The Morgan fingerprint density at radius 2 is 2.32 bits per heavy atom. The van der Waals surface area contributed by atoms with Crippen LogP contribution in [0, 0.1) is 6.92 Å². The molecule has 0 aliphatic heterocycles. The zero-order valence-corrected chi connectivity index (χ0v) is 12.2. The maximum atomic E-state index is 12.2. The predicted molar refractivity (Wildman–Crippen MR) is 75.8 cm³/mol. The summed E-state index contributed by atoms with van der Waals surface area (Å²) < 4.78 is 3.83. The van der Waals surface area contributed by atoms with E-state index in [0.717, 1.165) is 35.6 Å². The summed E-state index contributed by atoms with van der Waals surface area (Å²) in [4.78, 5) is 16.7. The summed E-state index contributed by atoms with van der Waals surface area (Å²) in [6.07, 6.45) is 3.30. The van der Waals surface area contributed by atoms with E-state index >= 15 is 0 Å². The van der Waals surface area contributed by atoms with Crippen LogP contribution >= 0.6 is 23.1 Å². The van der Waals surface area contributed by atoms with E-state index in [-0.39, 0.29) is 11.1 Å². The highest BCUT2D eigenvalue weighted by Gasteiger charge is 2.17. The lowest BCUT2D eigenvalue weighted by Gasteiger charge is -2.06. The minimum Gasteiger partial charge on any atom is -0.319 e. The van der Waals surface area contributed by atoms with Gasteiger partial charge in [0.1, 0.15) is 4.88 Å². The van der Waals surface area contributed by atoms with Gasteiger partial charge in [0.15, 0.2) is 5.15 Å². The van der Waals surface area contributed by atoms with E-state index in [1.165, 1.54) is 0 Å². The SMILES string of the molecule is CCCc1nnsc1C(=O)Nc1cc(C)cnc1Cl. The Balaban J connectivity index is 2.21. The molecule has 7 heteroatoms.